The van der Waals surface area contributed by atoms with E-state index in [4.69, 9.17) is 21.2 Å². The lowest BCUT2D eigenvalue weighted by molar-refractivity contribution is -0.127. The van der Waals surface area contributed by atoms with Crippen LogP contribution in [0.5, 0.6) is 0 Å². The number of likely N-dealkylation sites (N-methyl/N-ethyl adjacent to an activating group) is 9. The van der Waals surface area contributed by atoms with Gasteiger partial charge in [-0.05, 0) is 232 Å². The molecule has 41 nitrogen and oxygen atoms in total. The van der Waals surface area contributed by atoms with Crippen molar-refractivity contribution in [2.75, 3.05) is 173 Å². The van der Waals surface area contributed by atoms with Crippen molar-refractivity contribution >= 4 is 88.7 Å². The monoisotopic (exact) mass is 2150 g/mol. The number of carbonyl (C=O) groups is 3. The van der Waals surface area contributed by atoms with Crippen LogP contribution < -0.4 is 27.0 Å². The van der Waals surface area contributed by atoms with Crippen LogP contribution in [0.25, 0.3) is 0 Å². The number of rotatable bonds is 53. The summed E-state index contributed by atoms with van der Waals surface area (Å²) < 4.78 is 166. The van der Waals surface area contributed by atoms with Gasteiger partial charge in [0.05, 0.1) is 67.5 Å². The molecular formula is C91H208ClN19O22S6. The first-order valence-corrected chi connectivity index (χ1v) is 57.6. The highest BCUT2D eigenvalue weighted by Crippen LogP contribution is 2.29. The molecule has 1 saturated heterocycles. The molecule has 1 aliphatic rings. The zero-order valence-corrected chi connectivity index (χ0v) is 101. The van der Waals surface area contributed by atoms with E-state index in [-0.39, 0.29) is 92.3 Å². The van der Waals surface area contributed by atoms with Gasteiger partial charge >= 0.3 is 0 Å². The average Bonchev–Trinajstić information content (AvgIpc) is 1.62. The fourth-order valence-corrected chi connectivity index (χ4v) is 19.3. The number of hydrogen-bond acceptors (Lipinski definition) is 27. The number of amides is 3. The Morgan fingerprint density at radius 2 is 0.583 bits per heavy atom. The van der Waals surface area contributed by atoms with Crippen LogP contribution >= 0.6 is 10.7 Å². The summed E-state index contributed by atoms with van der Waals surface area (Å²) in [5.74, 6) is -0.772. The molecule has 3 amide bonds. The molecule has 0 saturated carbocycles. The van der Waals surface area contributed by atoms with E-state index >= 15 is 0 Å². The fraction of sp³-hybridized carbons (Fsp3) is 0.967. The van der Waals surface area contributed by atoms with Crippen LogP contribution in [-0.4, -0.2) is 452 Å². The zero-order chi connectivity index (χ0) is 113. The number of carbonyl (C=O) groups excluding carboxylic acids is 3. The lowest BCUT2D eigenvalue weighted by atomic mass is 9.97. The molecule has 0 aromatic carbocycles. The smallest absolute Gasteiger partial charge is 0.300 e. The predicted molar refractivity (Wildman–Crippen MR) is 569 cm³/mol. The molecule has 0 bridgehead atoms. The molecule has 0 aromatic rings. The number of hydrogen-bond donors (Lipinski definition) is 11. The predicted octanol–water partition coefficient (Wildman–Crippen LogP) is 5.47. The minimum Gasteiger partial charge on any atom is -0.390 e. The molecule has 1 heterocycles. The molecule has 1 rings (SSSR count). The quantitative estimate of drug-likeness (QED) is 0.0266. The highest BCUT2D eigenvalue weighted by atomic mass is 35.7. The normalized spacial score (nSPS) is 17.4. The molecule has 0 radical (unpaired) electrons. The van der Waals surface area contributed by atoms with Crippen molar-refractivity contribution in [1.82, 2.24) is 83.3 Å². The Kier molecular flexibility index (Phi) is 70.4. The van der Waals surface area contributed by atoms with Crippen LogP contribution in [0.4, 0.5) is 0 Å². The Labute approximate surface area is 853 Å². The first-order valence-electron chi connectivity index (χ1n) is 48.3. The summed E-state index contributed by atoms with van der Waals surface area (Å²) in [5.41, 5.74) is 2.65. The van der Waals surface area contributed by atoms with E-state index in [1.807, 2.05) is 218 Å². The number of epoxide rings is 1. The van der Waals surface area contributed by atoms with Gasteiger partial charge in [-0.1, -0.05) is 90.0 Å². The highest BCUT2D eigenvalue weighted by molar-refractivity contribution is 8.11. The van der Waals surface area contributed by atoms with Gasteiger partial charge < -0.3 is 77.1 Å². The SMILES string of the molecule is CCC(C)(C)N(C)S(=O)(=O)Cl.CCC(C)(C)N(C)S(=O)(=O)N(C)CC(O)[C@H](C)N.CCC(C)(C)N(C)S(=O)(=O)N(C)CC(O)[C@H](C)N(C)C.CCC(C)(C)N(C)S(=O)(=O)N(C)CC(O)[C@H](C)NC(=O)C(C)C.CCC(C)(C)N(C)S(=O)(=O)N(C)CC(O)[C@H](C)NC(=O)C(C)C(C)C.CCC(C)C(=O)N[C@@H](C)C(O)CN(C)S(=O)(=O)N(C)C(C)(C)CC.CNCC(O)[C@H](C)N(C)C.C[C@@H](C1CO1)N(C)C. The van der Waals surface area contributed by atoms with E-state index in [2.05, 4.69) is 47.2 Å². The number of ether oxygens (including phenoxy) is 1. The Morgan fingerprint density at radius 3 is 0.763 bits per heavy atom. The van der Waals surface area contributed by atoms with E-state index in [1.165, 1.54) is 93.6 Å². The van der Waals surface area contributed by atoms with Gasteiger partial charge in [0, 0.05) is 203 Å². The number of nitrogens with two attached hydrogens (primary N) is 1. The van der Waals surface area contributed by atoms with Crippen LogP contribution in [0.15, 0.2) is 0 Å². The summed E-state index contributed by atoms with van der Waals surface area (Å²) in [5, 5.41) is 71.0. The molecule has 1 fully saturated rings. The van der Waals surface area contributed by atoms with Crippen LogP contribution in [0.3, 0.4) is 0 Å². The summed E-state index contributed by atoms with van der Waals surface area (Å²) >= 11 is 0. The van der Waals surface area contributed by atoms with Crippen molar-refractivity contribution < 1.29 is 100 Å². The van der Waals surface area contributed by atoms with E-state index in [9.17, 15) is 95.5 Å². The summed E-state index contributed by atoms with van der Waals surface area (Å²) in [4.78, 5) is 41.7. The van der Waals surface area contributed by atoms with Gasteiger partial charge in [-0.3, -0.25) is 14.4 Å². The van der Waals surface area contributed by atoms with Crippen LogP contribution in [-0.2, 0) is 79.4 Å². The van der Waals surface area contributed by atoms with E-state index in [0.29, 0.717) is 57.2 Å². The Hall–Kier alpha value is -2.52. The molecule has 139 heavy (non-hydrogen) atoms. The lowest BCUT2D eigenvalue weighted by Crippen LogP contribution is -2.53. The maximum atomic E-state index is 12.7. The number of nitrogens with one attached hydrogen (secondary N) is 4. The summed E-state index contributed by atoms with van der Waals surface area (Å²) in [6.07, 6.45) is 0.511. The third-order valence-electron chi connectivity index (χ3n) is 27.9. The Morgan fingerprint density at radius 1 is 0.360 bits per heavy atom. The summed E-state index contributed by atoms with van der Waals surface area (Å²) in [6, 6.07) is -1.39. The molecule has 0 spiro atoms. The largest absolute Gasteiger partial charge is 0.390 e. The molecule has 9 unspecified atom stereocenters. The molecule has 48 heteroatoms. The molecule has 16 atom stereocenters. The maximum Gasteiger partial charge on any atom is 0.300 e. The topological polar surface area (TPSA) is 509 Å². The second-order valence-corrected chi connectivity index (χ2v) is 54.8. The van der Waals surface area contributed by atoms with Crippen molar-refractivity contribution in [3.8, 4) is 0 Å². The average molecular weight is 2150 g/mol. The van der Waals surface area contributed by atoms with Crippen LogP contribution in [0.2, 0.25) is 0 Å². The van der Waals surface area contributed by atoms with Crippen molar-refractivity contribution in [2.45, 2.75) is 385 Å². The molecule has 0 aliphatic carbocycles. The van der Waals surface area contributed by atoms with Crippen LogP contribution in [0, 0.1) is 23.7 Å². The first kappa shape index (κ1) is 149. The third kappa shape index (κ3) is 53.0. The van der Waals surface area contributed by atoms with Gasteiger partial charge in [0.2, 0.25) is 17.7 Å². The van der Waals surface area contributed by atoms with Crippen molar-refractivity contribution in [3.63, 3.8) is 0 Å². The van der Waals surface area contributed by atoms with E-state index in [1.54, 1.807) is 55.6 Å². The first-order chi connectivity index (χ1) is 62.1. The standard InChI is InChI=1S/C17H37N3O4S.C16H35N3O4S.C15H33N3O4S.C13H31N3O3S.C11H27N3O3S.C7H18N2O.C6H14ClNO2S.C6H13NO/c1-10-17(6,7)20(9)25(23,24)19(8)11-15(21)14(5)18-16(22)13(4)12(2)3;1-9-12(3)15(21)17-13(4)14(20)11-18(7)24(22,23)19(8)16(5,6)10-2;1-9-15(5,6)18(8)23(21,22)17(7)10-13(19)12(4)16-14(20)11(2)3;1-9-13(3,4)16(8)20(18,19)15(7)10-12(17)11(2)14(5)6;1-7-11(3,4)14(6)18(16,17)13(5)8-10(15)9(2)12;1-6(9(3)4)7(10)5-8-2;1-5-6(2,3)8(4)11(7,9)10;1-5(7(2)3)6-4-8-6/h12-15,21H,10-11H2,1-9H3,(H,18,22);12-14,20H,9-11H2,1-8H3,(H,17,21);11-13,19H,9-10H2,1-8H3,(H,16,20);11-12,17H,9-10H2,1-8H3;9-10,15H,7-8,12H2,1-6H3;6-8,10H,5H2,1-4H3;5H2,1-4H3;5-6H,4H2,1-3H3/t13?,14-,15?;12?,13-,14?;12-,13?;11-,12?;9-,10?;6-,7?;;5-,6?/m000000.0/s1. The minimum atomic E-state index is -3.70. The second kappa shape index (κ2) is 65.5. The van der Waals surface area contributed by atoms with Gasteiger partial charge in [-0.2, -0.15) is 97.9 Å². The van der Waals surface area contributed by atoms with Gasteiger partial charge in [0.1, 0.15) is 0 Å². The fourth-order valence-electron chi connectivity index (χ4n) is 10.4. The van der Waals surface area contributed by atoms with Gasteiger partial charge in [-0.25, -0.2) is 0 Å². The van der Waals surface area contributed by atoms with E-state index in [0.717, 1.165) is 30.2 Å². The minimum absolute atomic E-state index is 0.00979. The Bertz CT molecular complexity index is 4150. The van der Waals surface area contributed by atoms with Gasteiger partial charge in [0.15, 0.2) is 0 Å². The molecule has 0 aromatic heterocycles. The lowest BCUT2D eigenvalue weighted by Gasteiger charge is -2.37. The number of aliphatic hydroxyl groups is 6. The van der Waals surface area contributed by atoms with Crippen molar-refractivity contribution in [2.24, 2.45) is 29.4 Å². The van der Waals surface area contributed by atoms with Gasteiger partial charge in [-0.15, -0.1) is 0 Å². The number of halogens is 1. The molecule has 842 valence electrons. The summed E-state index contributed by atoms with van der Waals surface area (Å²) in [6.45, 7) is 60.9. The second-order valence-electron chi connectivity index (χ2n) is 41.9. The molecule has 1 aliphatic heterocycles. The van der Waals surface area contributed by atoms with Crippen LogP contribution in [0.1, 0.15) is 267 Å². The number of aliphatic hydroxyl groups excluding tert-OH is 6. The van der Waals surface area contributed by atoms with Crippen molar-refractivity contribution in [3.05, 3.63) is 0 Å². The third-order valence-corrected chi connectivity index (χ3v) is 40.3. The van der Waals surface area contributed by atoms with Crippen molar-refractivity contribution in [1.29, 1.82) is 0 Å². The maximum absolute atomic E-state index is 12.7. The Balaban J connectivity index is -0.000000293. The van der Waals surface area contributed by atoms with E-state index < -0.39 is 148 Å². The zero-order valence-electron chi connectivity index (χ0n) is 95.7. The van der Waals surface area contributed by atoms with Gasteiger partial charge in [0.25, 0.3) is 60.3 Å². The number of nitrogens with zero attached hydrogens (tertiary/aromatic N) is 14. The summed E-state index contributed by atoms with van der Waals surface area (Å²) in [7, 11) is 13.4. The highest BCUT2D eigenvalue weighted by Gasteiger charge is 2.43. The molecule has 12 N–H and O–H groups in total. The molecular weight excluding hydrogens is 1940 g/mol.